The molecule has 0 atom stereocenters. The van der Waals surface area contributed by atoms with Gasteiger partial charge in [-0.25, -0.2) is 9.78 Å². The van der Waals surface area contributed by atoms with E-state index in [0.29, 0.717) is 34.8 Å². The number of aromatic nitrogens is 3. The van der Waals surface area contributed by atoms with Gasteiger partial charge in [0, 0.05) is 5.56 Å². The lowest BCUT2D eigenvalue weighted by Crippen LogP contribution is -2.71. The Kier molecular flexibility index (Phi) is 3.61. The van der Waals surface area contributed by atoms with Crippen molar-refractivity contribution in [3.8, 4) is 11.1 Å². The van der Waals surface area contributed by atoms with E-state index in [9.17, 15) is 9.59 Å². The monoisotopic (exact) mass is 477 g/mol. The molecule has 4 aromatic rings. The van der Waals surface area contributed by atoms with Crippen LogP contribution in [0.5, 0.6) is 0 Å². The number of carbonyl (C=O) groups is 2. The molecule has 1 spiro atoms. The van der Waals surface area contributed by atoms with E-state index in [-0.39, 0.29) is 5.91 Å². The second kappa shape index (κ2) is 6.17. The number of amides is 3. The summed E-state index contributed by atoms with van der Waals surface area (Å²) < 4.78 is 2.19. The Morgan fingerprint density at radius 1 is 1.10 bits per heavy atom. The number of hydrogen-bond acceptors (Lipinski definition) is 6. The molecule has 2 aromatic heterocycles. The zero-order chi connectivity index (χ0) is 21.3. The number of nitrogen functional groups attached to an aromatic ring is 1. The van der Waals surface area contributed by atoms with Crippen LogP contribution in [0, 0.1) is 0 Å². The van der Waals surface area contributed by atoms with Gasteiger partial charge in [0.1, 0.15) is 16.1 Å². The number of carbonyl (C=O) groups excluding carboxylic acids is 2. The molecule has 4 N–H and O–H groups in total. The fourth-order valence-corrected chi connectivity index (χ4v) is 4.77. The summed E-state index contributed by atoms with van der Waals surface area (Å²) >= 11 is 3.52. The molecule has 154 valence electrons. The highest BCUT2D eigenvalue weighted by Crippen LogP contribution is 2.38. The molecule has 2 aromatic carbocycles. The highest BCUT2D eigenvalue weighted by atomic mass is 79.9. The van der Waals surface area contributed by atoms with E-state index in [1.165, 1.54) is 0 Å². The number of anilines is 2. The number of nitrogens with one attached hydrogen (secondary N) is 2. The Hall–Kier alpha value is -3.66. The first kappa shape index (κ1) is 18.1. The van der Waals surface area contributed by atoms with Crippen LogP contribution in [-0.4, -0.2) is 45.2 Å². The second-order valence-electron chi connectivity index (χ2n) is 7.84. The fraction of sp³-hybridized carbons (Fsp3) is 0.143. The van der Waals surface area contributed by atoms with Crippen molar-refractivity contribution in [1.29, 1.82) is 0 Å². The predicted molar refractivity (Wildman–Crippen MR) is 120 cm³/mol. The number of fused-ring (bicyclic) bond motifs is 2. The lowest BCUT2D eigenvalue weighted by atomic mass is 9.90. The Bertz CT molecular complexity index is 1420. The molecule has 3 amide bonds. The second-order valence-corrected chi connectivity index (χ2v) is 8.63. The van der Waals surface area contributed by atoms with Gasteiger partial charge >= 0.3 is 6.03 Å². The lowest BCUT2D eigenvalue weighted by molar-refractivity contribution is -0.124. The average molecular weight is 478 g/mol. The molecular weight excluding hydrogens is 462 g/mol. The topological polar surface area (TPSA) is 118 Å². The zero-order valence-corrected chi connectivity index (χ0v) is 17.7. The summed E-state index contributed by atoms with van der Waals surface area (Å²) in [4.78, 5) is 30.4. The first-order valence-corrected chi connectivity index (χ1v) is 10.4. The maximum Gasteiger partial charge on any atom is 0.322 e. The molecule has 10 heteroatoms. The van der Waals surface area contributed by atoms with Gasteiger partial charge in [0.25, 0.3) is 5.91 Å². The molecule has 0 bridgehead atoms. The van der Waals surface area contributed by atoms with Gasteiger partial charge in [-0.1, -0.05) is 36.4 Å². The number of benzene rings is 2. The van der Waals surface area contributed by atoms with Crippen LogP contribution in [0.2, 0.25) is 0 Å². The van der Waals surface area contributed by atoms with Crippen molar-refractivity contribution in [3.05, 3.63) is 53.1 Å². The van der Waals surface area contributed by atoms with Crippen LogP contribution in [0.1, 0.15) is 0 Å². The van der Waals surface area contributed by atoms with Crippen LogP contribution < -0.4 is 21.3 Å². The van der Waals surface area contributed by atoms with Crippen LogP contribution in [0.25, 0.3) is 27.5 Å². The molecule has 2 saturated heterocycles. The van der Waals surface area contributed by atoms with Gasteiger partial charge in [-0.15, -0.1) is 0 Å². The molecule has 2 aliphatic rings. The summed E-state index contributed by atoms with van der Waals surface area (Å²) in [5.41, 5.74) is 7.89. The van der Waals surface area contributed by atoms with E-state index in [2.05, 4.69) is 55.9 Å². The average Bonchev–Trinajstić information content (AvgIpc) is 3.29. The molecule has 0 radical (unpaired) electrons. The van der Waals surface area contributed by atoms with Crippen molar-refractivity contribution in [2.75, 3.05) is 23.7 Å². The fourth-order valence-electron chi connectivity index (χ4n) is 4.26. The van der Waals surface area contributed by atoms with E-state index in [0.717, 1.165) is 21.9 Å². The Labute approximate surface area is 184 Å². The van der Waals surface area contributed by atoms with Gasteiger partial charge < -0.3 is 16.0 Å². The van der Waals surface area contributed by atoms with E-state index in [4.69, 9.17) is 10.7 Å². The first-order valence-electron chi connectivity index (χ1n) is 9.66. The summed E-state index contributed by atoms with van der Waals surface area (Å²) in [5.74, 6) is 0.695. The molecule has 9 nitrogen and oxygen atoms in total. The number of halogens is 1. The van der Waals surface area contributed by atoms with Gasteiger partial charge in [-0.2, -0.15) is 9.61 Å². The molecule has 0 unspecified atom stereocenters. The summed E-state index contributed by atoms with van der Waals surface area (Å²) in [6.45, 7) is 0.621. The van der Waals surface area contributed by atoms with Crippen molar-refractivity contribution in [3.63, 3.8) is 0 Å². The third-order valence-corrected chi connectivity index (χ3v) is 6.66. The van der Waals surface area contributed by atoms with Gasteiger partial charge in [0.15, 0.2) is 11.2 Å². The highest BCUT2D eigenvalue weighted by molar-refractivity contribution is 9.10. The maximum absolute atomic E-state index is 12.1. The van der Waals surface area contributed by atoms with Crippen LogP contribution in [0.15, 0.2) is 53.1 Å². The van der Waals surface area contributed by atoms with E-state index in [1.54, 1.807) is 10.7 Å². The van der Waals surface area contributed by atoms with Gasteiger partial charge in [-0.05, 0) is 38.3 Å². The van der Waals surface area contributed by atoms with Crippen LogP contribution in [-0.2, 0) is 4.79 Å². The summed E-state index contributed by atoms with van der Waals surface area (Å²) in [7, 11) is 0. The normalized spacial score (nSPS) is 17.3. The number of nitrogens with two attached hydrogens (primary N) is 1. The van der Waals surface area contributed by atoms with Crippen molar-refractivity contribution >= 4 is 55.9 Å². The number of urea groups is 1. The van der Waals surface area contributed by atoms with Gasteiger partial charge in [0.2, 0.25) is 0 Å². The number of rotatable bonds is 2. The van der Waals surface area contributed by atoms with Crippen molar-refractivity contribution in [2.24, 2.45) is 0 Å². The SMILES string of the molecule is Nc1c(Br)c(N2CC3(C2)NC(=O)NC3=O)nc2c(-c3ccc4ccccc4c3)cnn12. The summed E-state index contributed by atoms with van der Waals surface area (Å²) in [5, 5.41) is 11.7. The Balaban J connectivity index is 1.43. The summed E-state index contributed by atoms with van der Waals surface area (Å²) in [6, 6.07) is 13.9. The maximum atomic E-state index is 12.1. The zero-order valence-electron chi connectivity index (χ0n) is 16.1. The minimum absolute atomic E-state index is 0.311. The molecule has 2 aliphatic heterocycles. The van der Waals surface area contributed by atoms with Gasteiger partial charge in [-0.3, -0.25) is 10.1 Å². The minimum Gasteiger partial charge on any atom is -0.383 e. The quantitative estimate of drug-likeness (QED) is 0.381. The van der Waals surface area contributed by atoms with Crippen molar-refractivity contribution < 1.29 is 9.59 Å². The lowest BCUT2D eigenvalue weighted by Gasteiger charge is -2.46. The number of hydrogen-bond donors (Lipinski definition) is 3. The summed E-state index contributed by atoms with van der Waals surface area (Å²) in [6.07, 6.45) is 1.75. The predicted octanol–water partition coefficient (Wildman–Crippen LogP) is 2.29. The third kappa shape index (κ3) is 2.54. The van der Waals surface area contributed by atoms with Crippen LogP contribution in [0.3, 0.4) is 0 Å². The van der Waals surface area contributed by atoms with Gasteiger partial charge in [0.05, 0.1) is 19.3 Å². The molecule has 0 saturated carbocycles. The molecule has 6 rings (SSSR count). The smallest absolute Gasteiger partial charge is 0.322 e. The highest BCUT2D eigenvalue weighted by Gasteiger charge is 2.55. The van der Waals surface area contributed by atoms with Crippen molar-refractivity contribution in [1.82, 2.24) is 25.2 Å². The molecular formula is C21H16BrN7O2. The van der Waals surface area contributed by atoms with Crippen LogP contribution in [0.4, 0.5) is 16.4 Å². The Morgan fingerprint density at radius 3 is 2.61 bits per heavy atom. The van der Waals surface area contributed by atoms with E-state index < -0.39 is 11.6 Å². The van der Waals surface area contributed by atoms with Crippen LogP contribution >= 0.6 is 15.9 Å². The standard InChI is InChI=1S/C21H16BrN7O2/c22-15-16(23)29-17(25-18(15)28-9-21(10-28)19(30)26-20(31)27-21)14(8-24-29)13-6-5-11-3-1-2-4-12(11)7-13/h1-8H,9-10,23H2,(H2,26,27,30,31). The molecule has 0 aliphatic carbocycles. The largest absolute Gasteiger partial charge is 0.383 e. The molecule has 31 heavy (non-hydrogen) atoms. The minimum atomic E-state index is -0.916. The molecule has 2 fully saturated rings. The van der Waals surface area contributed by atoms with Crippen molar-refractivity contribution in [2.45, 2.75) is 5.54 Å². The Morgan fingerprint density at radius 2 is 1.87 bits per heavy atom. The third-order valence-electron chi connectivity index (χ3n) is 5.90. The van der Waals surface area contributed by atoms with E-state index in [1.807, 2.05) is 23.1 Å². The van der Waals surface area contributed by atoms with E-state index >= 15 is 0 Å². The first-order chi connectivity index (χ1) is 14.9. The molecule has 4 heterocycles. The number of imide groups is 1. The number of nitrogens with zero attached hydrogens (tertiary/aromatic N) is 4.